The first-order chi connectivity index (χ1) is 15.0. The molecule has 7 nitrogen and oxygen atoms in total. The van der Waals surface area contributed by atoms with Crippen molar-refractivity contribution in [1.29, 1.82) is 0 Å². The Morgan fingerprint density at radius 1 is 1.03 bits per heavy atom. The van der Waals surface area contributed by atoms with Gasteiger partial charge in [-0.3, -0.25) is 14.5 Å². The lowest BCUT2D eigenvalue weighted by Gasteiger charge is -2.34. The monoisotopic (exact) mass is 437 g/mol. The fraction of sp³-hybridized carbons (Fsp3) is 0.348. The molecule has 0 atom stereocenters. The van der Waals surface area contributed by atoms with E-state index in [0.717, 1.165) is 33.0 Å². The fourth-order valence-electron chi connectivity index (χ4n) is 3.77. The Balaban J connectivity index is 1.22. The molecular formula is C23H27N5O2S. The van der Waals surface area contributed by atoms with Gasteiger partial charge in [0.15, 0.2) is 5.16 Å². The second-order valence-electron chi connectivity index (χ2n) is 7.82. The smallest absolute Gasteiger partial charge is 0.238 e. The summed E-state index contributed by atoms with van der Waals surface area (Å²) in [6.45, 7) is 6.99. The lowest BCUT2D eigenvalue weighted by molar-refractivity contribution is -0.130. The number of imidazole rings is 1. The summed E-state index contributed by atoms with van der Waals surface area (Å²) in [6.07, 6.45) is 0. The van der Waals surface area contributed by atoms with Gasteiger partial charge in [0, 0.05) is 31.9 Å². The number of aryl methyl sites for hydroxylation is 2. The molecule has 8 heteroatoms. The van der Waals surface area contributed by atoms with Crippen LogP contribution in [-0.2, 0) is 9.59 Å². The van der Waals surface area contributed by atoms with E-state index < -0.39 is 0 Å². The van der Waals surface area contributed by atoms with E-state index >= 15 is 0 Å². The van der Waals surface area contributed by atoms with E-state index in [1.807, 2.05) is 61.2 Å². The molecule has 0 aliphatic carbocycles. The Labute approximate surface area is 186 Å². The van der Waals surface area contributed by atoms with Crippen LogP contribution in [0.15, 0.2) is 47.6 Å². The van der Waals surface area contributed by atoms with Crippen LogP contribution in [-0.4, -0.2) is 70.1 Å². The molecule has 31 heavy (non-hydrogen) atoms. The van der Waals surface area contributed by atoms with Gasteiger partial charge in [0.05, 0.1) is 23.3 Å². The first-order valence-corrected chi connectivity index (χ1v) is 11.4. The number of H-pyrrole nitrogens is 1. The van der Waals surface area contributed by atoms with Crippen molar-refractivity contribution in [2.75, 3.05) is 43.8 Å². The molecule has 1 aromatic heterocycles. The van der Waals surface area contributed by atoms with Gasteiger partial charge in [-0.05, 0) is 37.1 Å². The summed E-state index contributed by atoms with van der Waals surface area (Å²) in [5, 5.41) is 3.79. The highest BCUT2D eigenvalue weighted by Crippen LogP contribution is 2.21. The van der Waals surface area contributed by atoms with Crippen molar-refractivity contribution in [3.05, 3.63) is 53.6 Å². The van der Waals surface area contributed by atoms with Crippen LogP contribution in [0, 0.1) is 13.8 Å². The normalized spacial score (nSPS) is 14.7. The zero-order valence-corrected chi connectivity index (χ0v) is 18.7. The summed E-state index contributed by atoms with van der Waals surface area (Å²) < 4.78 is 0. The molecule has 1 aliphatic heterocycles. The van der Waals surface area contributed by atoms with Crippen LogP contribution >= 0.6 is 11.8 Å². The van der Waals surface area contributed by atoms with Crippen LogP contribution in [0.1, 0.15) is 11.1 Å². The number of rotatable bonds is 6. The van der Waals surface area contributed by atoms with Crippen molar-refractivity contribution >= 4 is 40.3 Å². The number of hydrogen-bond donors (Lipinski definition) is 2. The summed E-state index contributed by atoms with van der Waals surface area (Å²) in [6, 6.07) is 13.8. The number of carbonyl (C=O) groups excluding carboxylic acids is 2. The number of hydrogen-bond acceptors (Lipinski definition) is 5. The molecule has 2 aromatic carbocycles. The second-order valence-corrected chi connectivity index (χ2v) is 8.78. The first kappa shape index (κ1) is 21.4. The number of aromatic amines is 1. The molecule has 0 radical (unpaired) electrons. The summed E-state index contributed by atoms with van der Waals surface area (Å²) in [5.74, 6) is 0.440. The number of nitrogens with zero attached hydrogens (tertiary/aromatic N) is 3. The molecule has 2 N–H and O–H groups in total. The topological polar surface area (TPSA) is 81.3 Å². The Morgan fingerprint density at radius 2 is 1.74 bits per heavy atom. The predicted molar refractivity (Wildman–Crippen MR) is 124 cm³/mol. The van der Waals surface area contributed by atoms with Crippen LogP contribution in [0.5, 0.6) is 0 Å². The van der Waals surface area contributed by atoms with E-state index in [0.29, 0.717) is 38.5 Å². The maximum absolute atomic E-state index is 12.6. The quantitative estimate of drug-likeness (QED) is 0.580. The Kier molecular flexibility index (Phi) is 6.58. The highest BCUT2D eigenvalue weighted by molar-refractivity contribution is 7.99. The number of thioether (sulfide) groups is 1. The van der Waals surface area contributed by atoms with Crippen molar-refractivity contribution in [2.45, 2.75) is 19.0 Å². The van der Waals surface area contributed by atoms with Crippen molar-refractivity contribution < 1.29 is 9.59 Å². The van der Waals surface area contributed by atoms with Crippen molar-refractivity contribution in [1.82, 2.24) is 19.8 Å². The average molecular weight is 438 g/mol. The second kappa shape index (κ2) is 9.53. The molecule has 0 bridgehead atoms. The average Bonchev–Trinajstić information content (AvgIpc) is 3.18. The molecule has 2 heterocycles. The van der Waals surface area contributed by atoms with Gasteiger partial charge in [0.25, 0.3) is 0 Å². The molecule has 0 spiro atoms. The van der Waals surface area contributed by atoms with Gasteiger partial charge in [0.1, 0.15) is 0 Å². The Bertz CT molecular complexity index is 1040. The number of nitrogens with one attached hydrogen (secondary N) is 2. The maximum atomic E-state index is 12.6. The van der Waals surface area contributed by atoms with Crippen molar-refractivity contribution in [2.24, 2.45) is 0 Å². The van der Waals surface area contributed by atoms with Gasteiger partial charge in [0.2, 0.25) is 11.8 Å². The largest absolute Gasteiger partial charge is 0.339 e. The highest BCUT2D eigenvalue weighted by atomic mass is 32.2. The molecule has 1 fully saturated rings. The van der Waals surface area contributed by atoms with E-state index in [4.69, 9.17) is 0 Å². The minimum Gasteiger partial charge on any atom is -0.339 e. The SMILES string of the molecule is Cc1cccc(C)c1NC(=O)CN1CCN(C(=O)CSc2nc3ccccc3[nH]2)CC1. The van der Waals surface area contributed by atoms with Crippen molar-refractivity contribution in [3.8, 4) is 0 Å². The van der Waals surface area contributed by atoms with E-state index in [2.05, 4.69) is 20.2 Å². The number of aromatic nitrogens is 2. The van der Waals surface area contributed by atoms with Gasteiger partial charge in [-0.15, -0.1) is 0 Å². The maximum Gasteiger partial charge on any atom is 0.238 e. The third-order valence-corrected chi connectivity index (χ3v) is 6.40. The number of para-hydroxylation sites is 3. The molecule has 0 saturated carbocycles. The van der Waals surface area contributed by atoms with Gasteiger partial charge in [-0.2, -0.15) is 0 Å². The zero-order valence-electron chi connectivity index (χ0n) is 17.9. The molecule has 4 rings (SSSR count). The third kappa shape index (κ3) is 5.26. The number of amides is 2. The molecule has 0 unspecified atom stereocenters. The van der Waals surface area contributed by atoms with E-state index in [1.54, 1.807) is 0 Å². The zero-order chi connectivity index (χ0) is 21.8. The highest BCUT2D eigenvalue weighted by Gasteiger charge is 2.23. The Morgan fingerprint density at radius 3 is 2.45 bits per heavy atom. The molecular weight excluding hydrogens is 410 g/mol. The lowest BCUT2D eigenvalue weighted by atomic mass is 10.1. The molecule has 3 aromatic rings. The number of fused-ring (bicyclic) bond motifs is 1. The molecule has 162 valence electrons. The summed E-state index contributed by atoms with van der Waals surface area (Å²) in [7, 11) is 0. The molecule has 1 saturated heterocycles. The fourth-order valence-corrected chi connectivity index (χ4v) is 4.56. The molecule has 1 aliphatic rings. The lowest BCUT2D eigenvalue weighted by Crippen LogP contribution is -2.50. The van der Waals surface area contributed by atoms with E-state index in [-0.39, 0.29) is 11.8 Å². The minimum atomic E-state index is -0.0161. The van der Waals surface area contributed by atoms with Gasteiger partial charge in [-0.25, -0.2) is 4.98 Å². The Hall–Kier alpha value is -2.84. The van der Waals surface area contributed by atoms with E-state index in [9.17, 15) is 9.59 Å². The van der Waals surface area contributed by atoms with Gasteiger partial charge in [-0.1, -0.05) is 42.1 Å². The van der Waals surface area contributed by atoms with E-state index in [1.165, 1.54) is 11.8 Å². The molecule has 2 amide bonds. The summed E-state index contributed by atoms with van der Waals surface area (Å²) >= 11 is 1.43. The van der Waals surface area contributed by atoms with Crippen molar-refractivity contribution in [3.63, 3.8) is 0 Å². The predicted octanol–water partition coefficient (Wildman–Crippen LogP) is 3.05. The van der Waals surface area contributed by atoms with Gasteiger partial charge < -0.3 is 15.2 Å². The standard InChI is InChI=1S/C23H27N5O2S/c1-16-6-5-7-17(2)22(16)26-20(29)14-27-10-12-28(13-11-27)21(30)15-31-23-24-18-8-3-4-9-19(18)25-23/h3-9H,10-15H2,1-2H3,(H,24,25)(H,26,29). The third-order valence-electron chi connectivity index (χ3n) is 5.54. The van der Waals surface area contributed by atoms with Gasteiger partial charge >= 0.3 is 0 Å². The van der Waals surface area contributed by atoms with Crippen LogP contribution in [0.25, 0.3) is 11.0 Å². The van der Waals surface area contributed by atoms with Crippen LogP contribution in [0.2, 0.25) is 0 Å². The van der Waals surface area contributed by atoms with Crippen LogP contribution < -0.4 is 5.32 Å². The number of piperazine rings is 1. The number of benzene rings is 2. The minimum absolute atomic E-state index is 0.0161. The number of carbonyl (C=O) groups is 2. The van der Waals surface area contributed by atoms with Crippen LogP contribution in [0.4, 0.5) is 5.69 Å². The summed E-state index contributed by atoms with van der Waals surface area (Å²) in [5.41, 5.74) is 4.90. The first-order valence-electron chi connectivity index (χ1n) is 10.4. The number of anilines is 1. The van der Waals surface area contributed by atoms with Crippen LogP contribution in [0.3, 0.4) is 0 Å². The summed E-state index contributed by atoms with van der Waals surface area (Å²) in [4.78, 5) is 36.8.